The molecule has 1 aliphatic rings. The Labute approximate surface area is 185 Å². The van der Waals surface area contributed by atoms with Crippen molar-refractivity contribution >= 4 is 11.6 Å². The van der Waals surface area contributed by atoms with Crippen LogP contribution >= 0.6 is 0 Å². The molecule has 3 rings (SSSR count). The third-order valence-electron chi connectivity index (χ3n) is 5.87. The van der Waals surface area contributed by atoms with Crippen LogP contribution in [0.15, 0.2) is 33.8 Å². The van der Waals surface area contributed by atoms with Crippen molar-refractivity contribution in [3.63, 3.8) is 0 Å². The Morgan fingerprint density at radius 3 is 2.52 bits per heavy atom. The van der Waals surface area contributed by atoms with Gasteiger partial charge in [-0.05, 0) is 19.3 Å². The third-order valence-corrected chi connectivity index (χ3v) is 5.87. The highest BCUT2D eigenvalue weighted by Crippen LogP contribution is 2.30. The Hall–Kier alpha value is -2.90. The van der Waals surface area contributed by atoms with E-state index < -0.39 is 0 Å². The average Bonchev–Trinajstić information content (AvgIpc) is 3.47. The van der Waals surface area contributed by atoms with Gasteiger partial charge in [-0.15, -0.1) is 0 Å². The van der Waals surface area contributed by atoms with Crippen LogP contribution in [0, 0.1) is 0 Å². The molecule has 31 heavy (non-hydrogen) atoms. The zero-order valence-corrected chi connectivity index (χ0v) is 19.3. The molecule has 8 nitrogen and oxygen atoms in total. The van der Waals surface area contributed by atoms with Crippen LogP contribution < -0.4 is 25.0 Å². The average molecular weight is 430 g/mol. The monoisotopic (exact) mass is 429 g/mol. The van der Waals surface area contributed by atoms with Crippen molar-refractivity contribution in [3.05, 3.63) is 35.7 Å². The van der Waals surface area contributed by atoms with Gasteiger partial charge in [0.25, 0.3) is 0 Å². The quantitative estimate of drug-likeness (QED) is 0.466. The molecule has 2 heterocycles. The molecule has 1 aliphatic heterocycles. The van der Waals surface area contributed by atoms with Crippen molar-refractivity contribution in [2.75, 3.05) is 39.3 Å². The fourth-order valence-corrected chi connectivity index (χ4v) is 3.96. The van der Waals surface area contributed by atoms with E-state index in [1.54, 1.807) is 21.3 Å². The molecule has 1 atom stereocenters. The van der Waals surface area contributed by atoms with E-state index in [4.69, 9.17) is 14.0 Å². The Morgan fingerprint density at radius 1 is 1.19 bits per heavy atom. The number of aliphatic imine (C=N–C) groups is 1. The molecule has 2 N–H and O–H groups in total. The molecule has 8 heteroatoms. The van der Waals surface area contributed by atoms with Crippen LogP contribution in [0.2, 0.25) is 0 Å². The molecule has 0 aliphatic carbocycles. The second kappa shape index (κ2) is 10.9. The number of nitrogens with zero attached hydrogens (tertiary/aromatic N) is 3. The molecule has 1 saturated heterocycles. The van der Waals surface area contributed by atoms with E-state index in [1.165, 1.54) is 0 Å². The maximum Gasteiger partial charge on any atom is 0.191 e. The van der Waals surface area contributed by atoms with E-state index in [-0.39, 0.29) is 0 Å². The second-order valence-electron chi connectivity index (χ2n) is 7.80. The molecule has 2 aromatic rings. The molecule has 1 unspecified atom stereocenters. The normalized spacial score (nSPS) is 16.6. The van der Waals surface area contributed by atoms with Crippen LogP contribution in [0.3, 0.4) is 0 Å². The largest absolute Gasteiger partial charge is 0.497 e. The van der Waals surface area contributed by atoms with Gasteiger partial charge in [-0.2, -0.15) is 0 Å². The van der Waals surface area contributed by atoms with Crippen LogP contribution in [0.1, 0.15) is 50.5 Å². The van der Waals surface area contributed by atoms with E-state index in [0.717, 1.165) is 67.0 Å². The fourth-order valence-electron chi connectivity index (χ4n) is 3.96. The molecule has 1 aromatic carbocycles. The van der Waals surface area contributed by atoms with Crippen molar-refractivity contribution in [3.8, 4) is 11.5 Å². The first-order chi connectivity index (χ1) is 15.1. The zero-order valence-electron chi connectivity index (χ0n) is 19.3. The summed E-state index contributed by atoms with van der Waals surface area (Å²) < 4.78 is 16.3. The maximum atomic E-state index is 5.51. The number of methoxy groups -OCH3 is 2. The number of nitrogens with one attached hydrogen (secondary N) is 2. The van der Waals surface area contributed by atoms with Gasteiger partial charge >= 0.3 is 0 Å². The third kappa shape index (κ3) is 5.83. The molecule has 0 saturated carbocycles. The van der Waals surface area contributed by atoms with Crippen LogP contribution in [0.25, 0.3) is 0 Å². The summed E-state index contributed by atoms with van der Waals surface area (Å²) >= 11 is 0. The number of benzene rings is 1. The molecule has 0 bridgehead atoms. The van der Waals surface area contributed by atoms with Crippen LogP contribution in [-0.4, -0.2) is 51.5 Å². The predicted molar refractivity (Wildman–Crippen MR) is 123 cm³/mol. The second-order valence-corrected chi connectivity index (χ2v) is 7.80. The maximum absolute atomic E-state index is 5.51. The topological polar surface area (TPSA) is 84.2 Å². The summed E-state index contributed by atoms with van der Waals surface area (Å²) in [4.78, 5) is 6.69. The van der Waals surface area contributed by atoms with Crippen molar-refractivity contribution < 1.29 is 14.0 Å². The lowest BCUT2D eigenvalue weighted by atomic mass is 9.99. The van der Waals surface area contributed by atoms with Crippen LogP contribution in [0.5, 0.6) is 11.5 Å². The molecule has 1 aromatic heterocycles. The molecule has 0 amide bonds. The standard InChI is InChI=1S/C23H35N5O3/c1-6-16(7-2)22-13-21(31-27-22)14-25-23(24-3)26-17-8-9-28(15-17)18-10-19(29-4)12-20(11-18)30-5/h10-13,16-17H,6-9,14-15H2,1-5H3,(H2,24,25,26). The summed E-state index contributed by atoms with van der Waals surface area (Å²) in [5.41, 5.74) is 2.13. The SMILES string of the molecule is CCC(CC)c1cc(CNC(=NC)NC2CCN(c3cc(OC)cc(OC)c3)C2)on1. The number of hydrogen-bond acceptors (Lipinski definition) is 6. The summed E-state index contributed by atoms with van der Waals surface area (Å²) in [5.74, 6) is 3.62. The lowest BCUT2D eigenvalue weighted by molar-refractivity contribution is 0.368. The predicted octanol–water partition coefficient (Wildman–Crippen LogP) is 3.54. The molecule has 0 radical (unpaired) electrons. The minimum Gasteiger partial charge on any atom is -0.497 e. The van der Waals surface area contributed by atoms with E-state index in [0.29, 0.717) is 18.5 Å². The summed E-state index contributed by atoms with van der Waals surface area (Å²) in [6.07, 6.45) is 3.15. The van der Waals surface area contributed by atoms with Crippen LogP contribution in [-0.2, 0) is 6.54 Å². The molecule has 170 valence electrons. The lowest BCUT2D eigenvalue weighted by Crippen LogP contribution is -2.44. The fraction of sp³-hybridized carbons (Fsp3) is 0.565. The Kier molecular flexibility index (Phi) is 8.03. The van der Waals surface area contributed by atoms with Gasteiger partial charge < -0.3 is 29.5 Å². The molecular weight excluding hydrogens is 394 g/mol. The Bertz CT molecular complexity index is 840. The van der Waals surface area contributed by atoms with Gasteiger partial charge in [0.1, 0.15) is 11.5 Å². The number of hydrogen-bond donors (Lipinski definition) is 2. The van der Waals surface area contributed by atoms with E-state index in [1.807, 2.05) is 24.3 Å². The van der Waals surface area contributed by atoms with Gasteiger partial charge in [0.15, 0.2) is 11.7 Å². The Morgan fingerprint density at radius 2 is 1.90 bits per heavy atom. The van der Waals surface area contributed by atoms with E-state index in [2.05, 4.69) is 39.5 Å². The zero-order chi connectivity index (χ0) is 22.2. The Balaban J connectivity index is 1.54. The smallest absolute Gasteiger partial charge is 0.191 e. The first-order valence-corrected chi connectivity index (χ1v) is 11.0. The number of rotatable bonds is 9. The minimum atomic E-state index is 0.290. The van der Waals surface area contributed by atoms with Gasteiger partial charge in [-0.1, -0.05) is 19.0 Å². The summed E-state index contributed by atoms with van der Waals surface area (Å²) in [5, 5.41) is 11.1. The van der Waals surface area contributed by atoms with E-state index >= 15 is 0 Å². The lowest BCUT2D eigenvalue weighted by Gasteiger charge is -2.21. The summed E-state index contributed by atoms with van der Waals surface area (Å²) in [6, 6.07) is 8.31. The van der Waals surface area contributed by atoms with Gasteiger partial charge in [-0.3, -0.25) is 4.99 Å². The van der Waals surface area contributed by atoms with Gasteiger partial charge in [0.2, 0.25) is 0 Å². The van der Waals surface area contributed by atoms with Gasteiger partial charge in [-0.25, -0.2) is 0 Å². The highest BCUT2D eigenvalue weighted by Gasteiger charge is 2.24. The minimum absolute atomic E-state index is 0.290. The summed E-state index contributed by atoms with van der Waals surface area (Å²) in [6.45, 7) is 6.73. The highest BCUT2D eigenvalue weighted by molar-refractivity contribution is 5.80. The molecule has 0 spiro atoms. The highest BCUT2D eigenvalue weighted by atomic mass is 16.5. The van der Waals surface area contributed by atoms with Crippen molar-refractivity contribution in [2.45, 2.75) is 51.6 Å². The van der Waals surface area contributed by atoms with Crippen molar-refractivity contribution in [2.24, 2.45) is 4.99 Å². The first kappa shape index (κ1) is 22.8. The molecule has 1 fully saturated rings. The van der Waals surface area contributed by atoms with E-state index in [9.17, 15) is 0 Å². The number of ether oxygens (including phenoxy) is 2. The number of anilines is 1. The van der Waals surface area contributed by atoms with Gasteiger partial charge in [0, 0.05) is 62.0 Å². The van der Waals surface area contributed by atoms with Crippen molar-refractivity contribution in [1.82, 2.24) is 15.8 Å². The van der Waals surface area contributed by atoms with Crippen LogP contribution in [0.4, 0.5) is 5.69 Å². The van der Waals surface area contributed by atoms with Crippen molar-refractivity contribution in [1.29, 1.82) is 0 Å². The number of aromatic nitrogens is 1. The molecular formula is C23H35N5O3. The number of guanidine groups is 1. The van der Waals surface area contributed by atoms with Gasteiger partial charge in [0.05, 0.1) is 26.5 Å². The summed E-state index contributed by atoms with van der Waals surface area (Å²) in [7, 11) is 5.13. The first-order valence-electron chi connectivity index (χ1n) is 11.0.